The lowest BCUT2D eigenvalue weighted by Crippen LogP contribution is -1.88. The van der Waals surface area contributed by atoms with Crippen LogP contribution in [0, 0.1) is 0 Å². The number of ether oxygens (including phenoxy) is 1. The Hall–Kier alpha value is -0.550. The summed E-state index contributed by atoms with van der Waals surface area (Å²) >= 11 is 3.89. The Morgan fingerprint density at radius 3 is 3.00 bits per heavy atom. The van der Waals surface area contributed by atoms with Gasteiger partial charge in [0.15, 0.2) is 5.82 Å². The third-order valence-corrected chi connectivity index (χ3v) is 1.00. The molecule has 0 unspecified atom stereocenters. The average molecular weight is 145 g/mol. The van der Waals surface area contributed by atoms with Crippen molar-refractivity contribution in [2.75, 3.05) is 7.11 Å². The topological polar surface area (TPSA) is 50.8 Å². The number of hydrogen-bond acceptors (Lipinski definition) is 4. The van der Waals surface area contributed by atoms with Crippen LogP contribution < -0.4 is 0 Å². The Balaban J connectivity index is 2.61. The highest BCUT2D eigenvalue weighted by molar-refractivity contribution is 7.80. The lowest BCUT2D eigenvalue weighted by Gasteiger charge is -1.87. The van der Waals surface area contributed by atoms with Crippen LogP contribution >= 0.6 is 12.6 Å². The van der Waals surface area contributed by atoms with Crippen LogP contribution in [0.5, 0.6) is 0 Å². The smallest absolute Gasteiger partial charge is 0.205 e. The number of H-pyrrole nitrogens is 1. The largest absolute Gasteiger partial charge is 0.377 e. The van der Waals surface area contributed by atoms with Gasteiger partial charge < -0.3 is 4.74 Å². The maximum absolute atomic E-state index is 4.77. The maximum Gasteiger partial charge on any atom is 0.205 e. The molecule has 5 heteroatoms. The monoisotopic (exact) mass is 145 g/mol. The number of nitrogens with one attached hydrogen (secondary N) is 1. The first-order valence-corrected chi connectivity index (χ1v) is 2.87. The zero-order chi connectivity index (χ0) is 6.69. The summed E-state index contributed by atoms with van der Waals surface area (Å²) in [5, 5.41) is 6.77. The number of rotatable bonds is 2. The molecule has 0 aromatic carbocycles. The summed E-state index contributed by atoms with van der Waals surface area (Å²) in [5.74, 6) is 0.697. The van der Waals surface area contributed by atoms with Crippen molar-refractivity contribution in [3.8, 4) is 0 Å². The molecule has 1 N–H and O–H groups in total. The fourth-order valence-corrected chi connectivity index (χ4v) is 0.657. The first-order valence-electron chi connectivity index (χ1n) is 2.42. The molecular weight excluding hydrogens is 138 g/mol. The molecule has 1 aromatic rings. The fourth-order valence-electron chi connectivity index (χ4n) is 0.487. The van der Waals surface area contributed by atoms with Gasteiger partial charge in [0.25, 0.3) is 0 Å². The van der Waals surface area contributed by atoms with Crippen molar-refractivity contribution in [2.45, 2.75) is 11.8 Å². The second-order valence-electron chi connectivity index (χ2n) is 1.52. The zero-order valence-corrected chi connectivity index (χ0v) is 5.85. The minimum atomic E-state index is 0.446. The van der Waals surface area contributed by atoms with Crippen LogP contribution in [0.4, 0.5) is 0 Å². The van der Waals surface area contributed by atoms with Crippen molar-refractivity contribution in [1.82, 2.24) is 15.2 Å². The molecule has 1 rings (SSSR count). The van der Waals surface area contributed by atoms with E-state index in [0.29, 0.717) is 17.6 Å². The molecule has 0 amide bonds. The summed E-state index contributed by atoms with van der Waals surface area (Å²) in [5.41, 5.74) is 0. The Kier molecular flexibility index (Phi) is 2.07. The van der Waals surface area contributed by atoms with E-state index in [-0.39, 0.29) is 0 Å². The Bertz CT molecular complexity index is 188. The molecule has 0 aliphatic heterocycles. The quantitative estimate of drug-likeness (QED) is 0.586. The molecule has 0 spiro atoms. The summed E-state index contributed by atoms with van der Waals surface area (Å²) in [7, 11) is 1.60. The van der Waals surface area contributed by atoms with Gasteiger partial charge in [0.1, 0.15) is 6.61 Å². The molecule has 1 aromatic heterocycles. The van der Waals surface area contributed by atoms with Crippen LogP contribution in [-0.4, -0.2) is 22.3 Å². The molecule has 9 heavy (non-hydrogen) atoms. The van der Waals surface area contributed by atoms with Gasteiger partial charge >= 0.3 is 0 Å². The molecule has 0 aliphatic rings. The van der Waals surface area contributed by atoms with E-state index < -0.39 is 0 Å². The van der Waals surface area contributed by atoms with Crippen molar-refractivity contribution in [3.05, 3.63) is 5.82 Å². The number of nitrogens with zero attached hydrogens (tertiary/aromatic N) is 2. The Morgan fingerprint density at radius 1 is 1.78 bits per heavy atom. The fraction of sp³-hybridized carbons (Fsp3) is 0.500. The van der Waals surface area contributed by atoms with E-state index in [1.807, 2.05) is 0 Å². The molecule has 0 radical (unpaired) electrons. The molecule has 0 saturated heterocycles. The minimum Gasteiger partial charge on any atom is -0.377 e. The van der Waals surface area contributed by atoms with Gasteiger partial charge in [0, 0.05) is 7.11 Å². The third-order valence-electron chi connectivity index (χ3n) is 0.801. The highest BCUT2D eigenvalue weighted by Crippen LogP contribution is 1.96. The van der Waals surface area contributed by atoms with Crippen LogP contribution in [0.3, 0.4) is 0 Å². The molecule has 0 aliphatic carbocycles. The highest BCUT2D eigenvalue weighted by atomic mass is 32.1. The van der Waals surface area contributed by atoms with Gasteiger partial charge in [-0.1, -0.05) is 0 Å². The Labute approximate surface area is 58.0 Å². The first kappa shape index (κ1) is 6.57. The number of hydrogen-bond donors (Lipinski definition) is 2. The highest BCUT2D eigenvalue weighted by Gasteiger charge is 1.95. The standard InChI is InChI=1S/C4H7N3OS/c1-8-2-3-5-4(9)7-6-3/h2H2,1H3,(H2,5,6,7,9). The van der Waals surface area contributed by atoms with Gasteiger partial charge in [-0.25, -0.2) is 4.98 Å². The van der Waals surface area contributed by atoms with E-state index in [1.54, 1.807) is 7.11 Å². The molecule has 0 fully saturated rings. The summed E-state index contributed by atoms with van der Waals surface area (Å²) in [6.07, 6.45) is 0. The molecule has 1 heterocycles. The number of thiol groups is 1. The van der Waals surface area contributed by atoms with Gasteiger partial charge in [-0.2, -0.15) is 0 Å². The van der Waals surface area contributed by atoms with E-state index in [2.05, 4.69) is 27.8 Å². The van der Waals surface area contributed by atoms with Gasteiger partial charge in [0.2, 0.25) is 5.16 Å². The molecular formula is C4H7N3OS. The van der Waals surface area contributed by atoms with Gasteiger partial charge in [-0.3, -0.25) is 5.10 Å². The van der Waals surface area contributed by atoms with E-state index in [9.17, 15) is 0 Å². The number of aromatic amines is 1. The molecule has 50 valence electrons. The molecule has 0 atom stereocenters. The van der Waals surface area contributed by atoms with Crippen molar-refractivity contribution in [3.63, 3.8) is 0 Å². The number of aromatic nitrogens is 3. The average Bonchev–Trinajstić information content (AvgIpc) is 2.17. The third kappa shape index (κ3) is 1.69. The van der Waals surface area contributed by atoms with Gasteiger partial charge in [-0.05, 0) is 0 Å². The lowest BCUT2D eigenvalue weighted by molar-refractivity contribution is 0.178. The normalized spacial score (nSPS) is 10.0. The van der Waals surface area contributed by atoms with Crippen LogP contribution in [0.25, 0.3) is 0 Å². The lowest BCUT2D eigenvalue weighted by atomic mass is 10.7. The van der Waals surface area contributed by atoms with Crippen molar-refractivity contribution < 1.29 is 4.74 Å². The minimum absolute atomic E-state index is 0.446. The Morgan fingerprint density at radius 2 is 2.56 bits per heavy atom. The molecule has 4 nitrogen and oxygen atoms in total. The van der Waals surface area contributed by atoms with E-state index >= 15 is 0 Å². The van der Waals surface area contributed by atoms with Crippen molar-refractivity contribution in [1.29, 1.82) is 0 Å². The molecule has 0 saturated carbocycles. The van der Waals surface area contributed by atoms with Crippen molar-refractivity contribution >= 4 is 12.6 Å². The summed E-state index contributed by atoms with van der Waals surface area (Å²) in [6.45, 7) is 0.452. The van der Waals surface area contributed by atoms with Crippen LogP contribution in [0.2, 0.25) is 0 Å². The second kappa shape index (κ2) is 2.84. The predicted octanol–water partition coefficient (Wildman–Crippen LogP) is 0.240. The zero-order valence-electron chi connectivity index (χ0n) is 4.96. The first-order chi connectivity index (χ1) is 4.33. The van der Waals surface area contributed by atoms with Gasteiger partial charge in [0.05, 0.1) is 0 Å². The van der Waals surface area contributed by atoms with Crippen LogP contribution in [0.1, 0.15) is 5.82 Å². The van der Waals surface area contributed by atoms with E-state index in [4.69, 9.17) is 4.74 Å². The second-order valence-corrected chi connectivity index (χ2v) is 1.92. The van der Waals surface area contributed by atoms with Crippen LogP contribution in [0.15, 0.2) is 5.16 Å². The van der Waals surface area contributed by atoms with Crippen molar-refractivity contribution in [2.24, 2.45) is 0 Å². The summed E-state index contributed by atoms with van der Waals surface area (Å²) < 4.78 is 4.77. The predicted molar refractivity (Wildman–Crippen MR) is 34.3 cm³/mol. The van der Waals surface area contributed by atoms with E-state index in [0.717, 1.165) is 0 Å². The summed E-state index contributed by atoms with van der Waals surface area (Å²) in [6, 6.07) is 0. The maximum atomic E-state index is 4.77. The summed E-state index contributed by atoms with van der Waals surface area (Å²) in [4.78, 5) is 3.87. The van der Waals surface area contributed by atoms with E-state index in [1.165, 1.54) is 0 Å². The number of methoxy groups -OCH3 is 1. The molecule has 0 bridgehead atoms. The van der Waals surface area contributed by atoms with Crippen LogP contribution in [-0.2, 0) is 11.3 Å². The SMILES string of the molecule is COCc1nc(S)n[nH]1. The van der Waals surface area contributed by atoms with Gasteiger partial charge in [-0.15, -0.1) is 17.7 Å².